The summed E-state index contributed by atoms with van der Waals surface area (Å²) in [5.41, 5.74) is 0. The van der Waals surface area contributed by atoms with Crippen LogP contribution in [0.2, 0.25) is 0 Å². The first-order valence-electron chi connectivity index (χ1n) is 37.9. The molecule has 3 N–H and O–H groups in total. The molecular weight excluding hydrogens is 1210 g/mol. The summed E-state index contributed by atoms with van der Waals surface area (Å²) in [5, 5.41) is 10.6. The van der Waals surface area contributed by atoms with E-state index >= 15 is 0 Å². The Bertz CT molecular complexity index is 1800. The zero-order chi connectivity index (χ0) is 68.0. The van der Waals surface area contributed by atoms with Crippen LogP contribution in [0.25, 0.3) is 0 Å². The SMILES string of the molecule is CCCCCCCC(=O)OC[C@H](COP(=O)(O)OC[C@H](O)COP(=O)(O)OC[C@@H](COC(=O)CCCCCCCCCCCCC(C)CC)OC(=O)CCCCCCCCCCCCCCCCCCCCC(C)C)OC(=O)CCCCCCCCCCCC(C)C. The summed E-state index contributed by atoms with van der Waals surface area (Å²) in [6, 6.07) is 0. The van der Waals surface area contributed by atoms with Crippen molar-refractivity contribution in [3.8, 4) is 0 Å². The van der Waals surface area contributed by atoms with Gasteiger partial charge in [0.15, 0.2) is 12.2 Å². The van der Waals surface area contributed by atoms with Gasteiger partial charge in [-0.25, -0.2) is 9.13 Å². The van der Waals surface area contributed by atoms with Crippen molar-refractivity contribution in [2.75, 3.05) is 39.6 Å². The zero-order valence-electron chi connectivity index (χ0n) is 60.0. The minimum Gasteiger partial charge on any atom is -0.462 e. The maximum Gasteiger partial charge on any atom is 0.472 e. The number of carbonyl (C=O) groups is 4. The number of rotatable bonds is 71. The Labute approximate surface area is 562 Å². The second-order valence-electron chi connectivity index (χ2n) is 27.5. The van der Waals surface area contributed by atoms with Crippen LogP contribution in [0.5, 0.6) is 0 Å². The van der Waals surface area contributed by atoms with Gasteiger partial charge < -0.3 is 33.8 Å². The van der Waals surface area contributed by atoms with Crippen LogP contribution in [0.1, 0.15) is 370 Å². The number of esters is 4. The van der Waals surface area contributed by atoms with E-state index < -0.39 is 97.5 Å². The first-order chi connectivity index (χ1) is 44.3. The largest absolute Gasteiger partial charge is 0.472 e. The van der Waals surface area contributed by atoms with Gasteiger partial charge in [0.2, 0.25) is 0 Å². The summed E-state index contributed by atoms with van der Waals surface area (Å²) in [4.78, 5) is 72.4. The number of unbranched alkanes of at least 4 members (excludes halogenated alkanes) is 38. The number of carbonyl (C=O) groups excluding carboxylic acids is 4. The van der Waals surface area contributed by atoms with Crippen LogP contribution in [-0.4, -0.2) is 96.7 Å². The maximum atomic E-state index is 13.1. The van der Waals surface area contributed by atoms with Gasteiger partial charge in [-0.2, -0.15) is 0 Å². The third-order valence-electron chi connectivity index (χ3n) is 17.2. The smallest absolute Gasteiger partial charge is 0.462 e. The summed E-state index contributed by atoms with van der Waals surface area (Å²) < 4.78 is 68.2. The highest BCUT2D eigenvalue weighted by Gasteiger charge is 2.30. The molecule has 3 unspecified atom stereocenters. The second-order valence-corrected chi connectivity index (χ2v) is 30.4. The van der Waals surface area contributed by atoms with E-state index in [1.807, 2.05) is 0 Å². The Balaban J connectivity index is 5.13. The quantitative estimate of drug-likeness (QED) is 0.0222. The van der Waals surface area contributed by atoms with E-state index in [9.17, 15) is 43.2 Å². The monoisotopic (exact) mass is 1350 g/mol. The second kappa shape index (κ2) is 63.8. The number of hydrogen-bond acceptors (Lipinski definition) is 15. The standard InChI is InChI=1S/C73H142O17P2/c1-8-10-11-37-47-54-70(75)83-60-68(89-73(78)57-50-43-36-30-24-26-32-39-45-52-65(5)6)62-87-91(79,80)85-58-67(74)59-86-92(81,82)88-63-69(61-84-71(76)55-48-41-34-28-23-22-27-33-40-46-53-66(7)9-2)90-72(77)56-49-42-35-29-21-19-17-15-13-12-14-16-18-20-25-31-38-44-51-64(3)4/h64-69,74H,8-63H2,1-7H3,(H,79,80)(H,81,82)/t66?,67-,68+,69+/m0/s1. The van der Waals surface area contributed by atoms with Crippen LogP contribution in [0.4, 0.5) is 0 Å². The van der Waals surface area contributed by atoms with Crippen molar-refractivity contribution in [2.45, 2.75) is 388 Å². The number of phosphoric acid groups is 2. The number of phosphoric ester groups is 2. The lowest BCUT2D eigenvalue weighted by atomic mass is 9.99. The lowest BCUT2D eigenvalue weighted by molar-refractivity contribution is -0.161. The van der Waals surface area contributed by atoms with E-state index in [2.05, 4.69) is 48.5 Å². The normalized spacial score (nSPS) is 14.4. The third kappa shape index (κ3) is 65.4. The maximum absolute atomic E-state index is 13.1. The van der Waals surface area contributed by atoms with E-state index in [1.165, 1.54) is 173 Å². The van der Waals surface area contributed by atoms with Crippen LogP contribution in [0, 0.1) is 17.8 Å². The molecule has 0 aromatic carbocycles. The molecular formula is C73H142O17P2. The summed E-state index contributed by atoms with van der Waals surface area (Å²) in [5.74, 6) is 0.232. The molecule has 0 radical (unpaired) electrons. The van der Waals surface area contributed by atoms with Crippen molar-refractivity contribution in [3.63, 3.8) is 0 Å². The zero-order valence-corrected chi connectivity index (χ0v) is 61.8. The molecule has 92 heavy (non-hydrogen) atoms. The molecule has 0 amide bonds. The van der Waals surface area contributed by atoms with Crippen LogP contribution in [0.3, 0.4) is 0 Å². The Kier molecular flexibility index (Phi) is 62.4. The molecule has 0 saturated carbocycles. The van der Waals surface area contributed by atoms with E-state index in [0.717, 1.165) is 114 Å². The van der Waals surface area contributed by atoms with Crippen molar-refractivity contribution in [3.05, 3.63) is 0 Å². The first-order valence-corrected chi connectivity index (χ1v) is 40.9. The lowest BCUT2D eigenvalue weighted by Gasteiger charge is -2.21. The van der Waals surface area contributed by atoms with Gasteiger partial charge in [0, 0.05) is 25.7 Å². The molecule has 0 aliphatic heterocycles. The van der Waals surface area contributed by atoms with Gasteiger partial charge in [0.25, 0.3) is 0 Å². The number of ether oxygens (including phenoxy) is 4. The van der Waals surface area contributed by atoms with Crippen LogP contribution < -0.4 is 0 Å². The molecule has 0 rings (SSSR count). The number of aliphatic hydroxyl groups is 1. The van der Waals surface area contributed by atoms with Crippen molar-refractivity contribution >= 4 is 39.5 Å². The molecule has 0 aromatic heterocycles. The van der Waals surface area contributed by atoms with Crippen LogP contribution in [0.15, 0.2) is 0 Å². The highest BCUT2D eigenvalue weighted by Crippen LogP contribution is 2.45. The number of hydrogen-bond donors (Lipinski definition) is 3. The fourth-order valence-corrected chi connectivity index (χ4v) is 12.6. The van der Waals surface area contributed by atoms with Crippen molar-refractivity contribution < 1.29 is 80.2 Å². The third-order valence-corrected chi connectivity index (χ3v) is 19.1. The minimum absolute atomic E-state index is 0.104. The Hall–Kier alpha value is -1.94. The Morgan fingerprint density at radius 3 is 0.826 bits per heavy atom. The van der Waals surface area contributed by atoms with E-state index in [4.69, 9.17) is 37.0 Å². The van der Waals surface area contributed by atoms with Gasteiger partial charge in [-0.15, -0.1) is 0 Å². The van der Waals surface area contributed by atoms with Crippen molar-refractivity contribution in [1.82, 2.24) is 0 Å². The topological polar surface area (TPSA) is 237 Å². The van der Waals surface area contributed by atoms with E-state index in [-0.39, 0.29) is 25.7 Å². The molecule has 0 fully saturated rings. The summed E-state index contributed by atoms with van der Waals surface area (Å²) in [7, 11) is -9.90. The molecule has 0 heterocycles. The van der Waals surface area contributed by atoms with Gasteiger partial charge in [-0.05, 0) is 43.4 Å². The molecule has 0 bridgehead atoms. The lowest BCUT2D eigenvalue weighted by Crippen LogP contribution is -2.30. The van der Waals surface area contributed by atoms with Crippen LogP contribution >= 0.6 is 15.6 Å². The Morgan fingerprint density at radius 2 is 0.554 bits per heavy atom. The van der Waals surface area contributed by atoms with Gasteiger partial charge in [0.1, 0.15) is 19.3 Å². The average molecular weight is 1350 g/mol. The molecule has 546 valence electrons. The van der Waals surface area contributed by atoms with Crippen molar-refractivity contribution in [1.29, 1.82) is 0 Å². The highest BCUT2D eigenvalue weighted by atomic mass is 31.2. The van der Waals surface area contributed by atoms with Gasteiger partial charge in [-0.3, -0.25) is 37.3 Å². The van der Waals surface area contributed by atoms with Gasteiger partial charge in [-0.1, -0.05) is 318 Å². The molecule has 19 heteroatoms. The van der Waals surface area contributed by atoms with Crippen LogP contribution in [-0.2, 0) is 65.4 Å². The fourth-order valence-electron chi connectivity index (χ4n) is 11.0. The molecule has 6 atom stereocenters. The van der Waals surface area contributed by atoms with Gasteiger partial charge >= 0.3 is 39.5 Å². The predicted molar refractivity (Wildman–Crippen MR) is 372 cm³/mol. The summed E-state index contributed by atoms with van der Waals surface area (Å²) in [6.07, 6.45) is 49.0. The van der Waals surface area contributed by atoms with E-state index in [1.54, 1.807) is 0 Å². The Morgan fingerprint density at radius 1 is 0.315 bits per heavy atom. The minimum atomic E-state index is -4.95. The van der Waals surface area contributed by atoms with E-state index in [0.29, 0.717) is 25.7 Å². The molecule has 17 nitrogen and oxygen atoms in total. The number of aliphatic hydroxyl groups excluding tert-OH is 1. The first kappa shape index (κ1) is 90.1. The fraction of sp³-hybridized carbons (Fsp3) is 0.945. The molecule has 0 saturated heterocycles. The summed E-state index contributed by atoms with van der Waals surface area (Å²) in [6.45, 7) is 11.8. The molecule has 0 aliphatic rings. The van der Waals surface area contributed by atoms with Gasteiger partial charge in [0.05, 0.1) is 26.4 Å². The molecule has 0 aliphatic carbocycles. The average Bonchev–Trinajstić information content (AvgIpc) is 2.98. The van der Waals surface area contributed by atoms with Crippen molar-refractivity contribution in [2.24, 2.45) is 17.8 Å². The molecule has 0 aromatic rings. The highest BCUT2D eigenvalue weighted by molar-refractivity contribution is 7.47. The summed E-state index contributed by atoms with van der Waals surface area (Å²) >= 11 is 0. The molecule has 0 spiro atoms. The predicted octanol–water partition coefficient (Wildman–Crippen LogP) is 21.0.